The lowest BCUT2D eigenvalue weighted by Gasteiger charge is -2.10. The van der Waals surface area contributed by atoms with Crippen LogP contribution in [0.1, 0.15) is 64.0 Å². The Morgan fingerprint density at radius 1 is 1.05 bits per heavy atom. The third kappa shape index (κ3) is 5.28. The highest BCUT2D eigenvalue weighted by Crippen LogP contribution is 2.31. The van der Waals surface area contributed by atoms with Gasteiger partial charge in [-0.25, -0.2) is 0 Å². The van der Waals surface area contributed by atoms with Crippen LogP contribution in [0.5, 0.6) is 11.5 Å². The Balaban J connectivity index is 2.71. The highest BCUT2D eigenvalue weighted by molar-refractivity contribution is 5.47. The standard InChI is InChI=1S/C18H28O2/c1-4-6-7-9-15-12-17(19)16(18(20)13-15)11-10-14(3)8-5-2/h8,12-13,19-20H,4-7,9-11H2,1-3H3/b14-8-. The maximum absolute atomic E-state index is 10.1. The average Bonchev–Trinajstić information content (AvgIpc) is 2.38. The van der Waals surface area contributed by atoms with Crippen molar-refractivity contribution in [2.75, 3.05) is 0 Å². The number of unbranched alkanes of at least 4 members (excludes halogenated alkanes) is 2. The molecule has 0 unspecified atom stereocenters. The third-order valence-corrected chi connectivity index (χ3v) is 3.65. The van der Waals surface area contributed by atoms with Crippen LogP contribution in [0.3, 0.4) is 0 Å². The number of rotatable bonds is 8. The van der Waals surface area contributed by atoms with E-state index in [4.69, 9.17) is 0 Å². The molecule has 0 aliphatic heterocycles. The second kappa shape index (κ2) is 8.68. The van der Waals surface area contributed by atoms with E-state index in [0.717, 1.165) is 31.2 Å². The summed E-state index contributed by atoms with van der Waals surface area (Å²) in [6.45, 7) is 6.38. The molecule has 0 aliphatic rings. The second-order valence-electron chi connectivity index (χ2n) is 5.53. The van der Waals surface area contributed by atoms with Crippen LogP contribution in [-0.2, 0) is 12.8 Å². The number of aryl methyl sites for hydroxylation is 1. The van der Waals surface area contributed by atoms with E-state index in [0.29, 0.717) is 12.0 Å². The molecule has 2 nitrogen and oxygen atoms in total. The van der Waals surface area contributed by atoms with Crippen molar-refractivity contribution in [1.29, 1.82) is 0 Å². The molecular weight excluding hydrogens is 248 g/mol. The summed E-state index contributed by atoms with van der Waals surface area (Å²) in [5.41, 5.74) is 3.00. The minimum absolute atomic E-state index is 0.237. The Bertz CT molecular complexity index is 424. The number of aromatic hydroxyl groups is 2. The zero-order valence-electron chi connectivity index (χ0n) is 13.1. The molecule has 0 aliphatic carbocycles. The highest BCUT2D eigenvalue weighted by Gasteiger charge is 2.10. The van der Waals surface area contributed by atoms with E-state index < -0.39 is 0 Å². The van der Waals surface area contributed by atoms with Crippen LogP contribution >= 0.6 is 0 Å². The Labute approximate surface area is 123 Å². The summed E-state index contributed by atoms with van der Waals surface area (Å²) in [5, 5.41) is 20.2. The molecule has 0 atom stereocenters. The molecule has 1 rings (SSSR count). The summed E-state index contributed by atoms with van der Waals surface area (Å²) in [6.07, 6.45) is 9.17. The molecule has 0 spiro atoms. The minimum atomic E-state index is 0.237. The lowest BCUT2D eigenvalue weighted by Crippen LogP contribution is -1.92. The Morgan fingerprint density at radius 3 is 2.25 bits per heavy atom. The molecule has 0 amide bonds. The fraction of sp³-hybridized carbons (Fsp3) is 0.556. The molecule has 1 aromatic carbocycles. The van der Waals surface area contributed by atoms with Crippen molar-refractivity contribution in [3.8, 4) is 11.5 Å². The number of phenolic OH excluding ortho intramolecular Hbond substituents is 2. The van der Waals surface area contributed by atoms with Gasteiger partial charge in [-0.2, -0.15) is 0 Å². The van der Waals surface area contributed by atoms with Crippen LogP contribution in [0.4, 0.5) is 0 Å². The first-order valence-electron chi connectivity index (χ1n) is 7.77. The molecule has 0 saturated carbocycles. The lowest BCUT2D eigenvalue weighted by molar-refractivity contribution is 0.436. The normalized spacial score (nSPS) is 11.8. The number of benzene rings is 1. The van der Waals surface area contributed by atoms with E-state index in [9.17, 15) is 10.2 Å². The Morgan fingerprint density at radius 2 is 1.70 bits per heavy atom. The summed E-state index contributed by atoms with van der Waals surface area (Å²) in [7, 11) is 0. The van der Waals surface area contributed by atoms with Crippen molar-refractivity contribution in [2.24, 2.45) is 0 Å². The van der Waals surface area contributed by atoms with Crippen LogP contribution in [-0.4, -0.2) is 10.2 Å². The molecule has 0 radical (unpaired) electrons. The van der Waals surface area contributed by atoms with E-state index in [1.807, 2.05) is 12.1 Å². The monoisotopic (exact) mass is 276 g/mol. The van der Waals surface area contributed by atoms with Gasteiger partial charge in [-0.15, -0.1) is 0 Å². The van der Waals surface area contributed by atoms with Gasteiger partial charge in [0.25, 0.3) is 0 Å². The zero-order valence-corrected chi connectivity index (χ0v) is 13.1. The van der Waals surface area contributed by atoms with Crippen molar-refractivity contribution in [3.05, 3.63) is 34.9 Å². The van der Waals surface area contributed by atoms with Crippen molar-refractivity contribution >= 4 is 0 Å². The second-order valence-corrected chi connectivity index (χ2v) is 5.53. The first-order valence-corrected chi connectivity index (χ1v) is 7.77. The first kappa shape index (κ1) is 16.6. The Hall–Kier alpha value is -1.44. The van der Waals surface area contributed by atoms with Gasteiger partial charge in [0.1, 0.15) is 11.5 Å². The van der Waals surface area contributed by atoms with Gasteiger partial charge in [-0.05, 0) is 56.7 Å². The summed E-state index contributed by atoms with van der Waals surface area (Å²) >= 11 is 0. The fourth-order valence-electron chi connectivity index (χ4n) is 2.45. The van der Waals surface area contributed by atoms with Crippen molar-refractivity contribution in [2.45, 2.75) is 65.7 Å². The van der Waals surface area contributed by atoms with E-state index in [-0.39, 0.29) is 11.5 Å². The maximum Gasteiger partial charge on any atom is 0.122 e. The number of phenols is 2. The average molecular weight is 276 g/mol. The molecule has 1 aromatic rings. The minimum Gasteiger partial charge on any atom is -0.508 e. The highest BCUT2D eigenvalue weighted by atomic mass is 16.3. The van der Waals surface area contributed by atoms with Gasteiger partial charge in [0.05, 0.1) is 0 Å². The van der Waals surface area contributed by atoms with Gasteiger partial charge in [-0.1, -0.05) is 38.3 Å². The molecule has 0 aromatic heterocycles. The number of hydrogen-bond acceptors (Lipinski definition) is 2. The van der Waals surface area contributed by atoms with Crippen LogP contribution < -0.4 is 0 Å². The summed E-state index contributed by atoms with van der Waals surface area (Å²) in [4.78, 5) is 0. The van der Waals surface area contributed by atoms with Gasteiger partial charge >= 0.3 is 0 Å². The predicted molar refractivity (Wildman–Crippen MR) is 85.4 cm³/mol. The molecule has 2 N–H and O–H groups in total. The summed E-state index contributed by atoms with van der Waals surface area (Å²) in [5.74, 6) is 0.474. The number of allylic oxidation sites excluding steroid dienone is 2. The fourth-order valence-corrected chi connectivity index (χ4v) is 2.45. The summed E-state index contributed by atoms with van der Waals surface area (Å²) < 4.78 is 0. The Kier molecular flexibility index (Phi) is 7.21. The molecule has 0 heterocycles. The van der Waals surface area contributed by atoms with Crippen molar-refractivity contribution in [1.82, 2.24) is 0 Å². The van der Waals surface area contributed by atoms with Gasteiger partial charge in [0.2, 0.25) is 0 Å². The SMILES string of the molecule is CC/C=C(/C)CCc1c(O)cc(CCCCC)cc1O. The number of hydrogen-bond donors (Lipinski definition) is 2. The maximum atomic E-state index is 10.1. The quantitative estimate of drug-likeness (QED) is 0.511. The smallest absolute Gasteiger partial charge is 0.122 e. The largest absolute Gasteiger partial charge is 0.508 e. The lowest BCUT2D eigenvalue weighted by atomic mass is 9.99. The van der Waals surface area contributed by atoms with E-state index in [1.54, 1.807) is 0 Å². The van der Waals surface area contributed by atoms with Gasteiger partial charge in [-0.3, -0.25) is 0 Å². The first-order chi connectivity index (χ1) is 9.58. The van der Waals surface area contributed by atoms with Gasteiger partial charge < -0.3 is 10.2 Å². The molecule has 2 heteroatoms. The van der Waals surface area contributed by atoms with E-state index in [1.165, 1.54) is 18.4 Å². The zero-order chi connectivity index (χ0) is 15.0. The van der Waals surface area contributed by atoms with E-state index >= 15 is 0 Å². The van der Waals surface area contributed by atoms with Crippen LogP contribution in [0.2, 0.25) is 0 Å². The van der Waals surface area contributed by atoms with E-state index in [2.05, 4.69) is 26.8 Å². The summed E-state index contributed by atoms with van der Waals surface area (Å²) in [6, 6.07) is 3.62. The molecule has 20 heavy (non-hydrogen) atoms. The molecular formula is C18H28O2. The van der Waals surface area contributed by atoms with Gasteiger partial charge in [0.15, 0.2) is 0 Å². The van der Waals surface area contributed by atoms with Gasteiger partial charge in [0, 0.05) is 5.56 Å². The topological polar surface area (TPSA) is 40.5 Å². The molecule has 112 valence electrons. The molecule has 0 fully saturated rings. The van der Waals surface area contributed by atoms with Crippen molar-refractivity contribution < 1.29 is 10.2 Å². The van der Waals surface area contributed by atoms with Crippen LogP contribution in [0.15, 0.2) is 23.8 Å². The molecule has 0 saturated heterocycles. The third-order valence-electron chi connectivity index (χ3n) is 3.65. The molecule has 0 bridgehead atoms. The van der Waals surface area contributed by atoms with Crippen LogP contribution in [0.25, 0.3) is 0 Å². The van der Waals surface area contributed by atoms with Crippen LogP contribution in [0, 0.1) is 0 Å². The van der Waals surface area contributed by atoms with Crippen molar-refractivity contribution in [3.63, 3.8) is 0 Å². The predicted octanol–water partition coefficient (Wildman–Crippen LogP) is 5.12.